The third-order valence-electron chi connectivity index (χ3n) is 3.85. The summed E-state index contributed by atoms with van der Waals surface area (Å²) < 4.78 is 5.13. The molecule has 2 aromatic rings. The maximum Gasteiger partial charge on any atom is 0.319 e. The number of aliphatic hydroxyl groups is 1. The zero-order valence-corrected chi connectivity index (χ0v) is 13.9. The number of nitrogens with one attached hydrogen (secondary N) is 2. The Kier molecular flexibility index (Phi) is 7.11. The van der Waals surface area contributed by atoms with Gasteiger partial charge in [0.2, 0.25) is 0 Å². The third-order valence-corrected chi connectivity index (χ3v) is 3.85. The van der Waals surface area contributed by atoms with Crippen molar-refractivity contribution in [2.24, 2.45) is 0 Å². The van der Waals surface area contributed by atoms with Crippen molar-refractivity contribution < 1.29 is 14.6 Å². The van der Waals surface area contributed by atoms with Gasteiger partial charge in [-0.25, -0.2) is 4.79 Å². The molecule has 24 heavy (non-hydrogen) atoms. The average molecular weight is 328 g/mol. The van der Waals surface area contributed by atoms with Gasteiger partial charge in [-0.3, -0.25) is 0 Å². The highest BCUT2D eigenvalue weighted by Gasteiger charge is 2.11. The van der Waals surface area contributed by atoms with Crippen LogP contribution in [0, 0.1) is 0 Å². The number of carbonyl (C=O) groups excluding carboxylic acids is 1. The van der Waals surface area contributed by atoms with Crippen LogP contribution in [0.1, 0.15) is 24.3 Å². The van der Waals surface area contributed by atoms with Crippen LogP contribution in [0.25, 0.3) is 0 Å². The molecule has 0 bridgehead atoms. The number of methoxy groups -OCH3 is 1. The maximum atomic E-state index is 12.0. The summed E-state index contributed by atoms with van der Waals surface area (Å²) in [6.07, 6.45) is 1.46. The molecular weight excluding hydrogens is 304 g/mol. The second kappa shape index (κ2) is 9.57. The molecule has 0 radical (unpaired) electrons. The van der Waals surface area contributed by atoms with Gasteiger partial charge in [0, 0.05) is 24.9 Å². The summed E-state index contributed by atoms with van der Waals surface area (Å²) in [7, 11) is 1.59. The topological polar surface area (TPSA) is 70.6 Å². The summed E-state index contributed by atoms with van der Waals surface area (Å²) in [6.45, 7) is 0.672. The summed E-state index contributed by atoms with van der Waals surface area (Å²) in [4.78, 5) is 12.0. The van der Waals surface area contributed by atoms with Gasteiger partial charge >= 0.3 is 6.03 Å². The van der Waals surface area contributed by atoms with Crippen LogP contribution in [0.3, 0.4) is 0 Å². The van der Waals surface area contributed by atoms with Crippen molar-refractivity contribution in [2.75, 3.05) is 25.6 Å². The third kappa shape index (κ3) is 5.59. The zero-order valence-electron chi connectivity index (χ0n) is 13.9. The molecule has 0 aliphatic heterocycles. The summed E-state index contributed by atoms with van der Waals surface area (Å²) >= 11 is 0. The van der Waals surface area contributed by atoms with Gasteiger partial charge in [0.1, 0.15) is 5.75 Å². The molecule has 0 unspecified atom stereocenters. The van der Waals surface area contributed by atoms with Crippen LogP contribution in [0.2, 0.25) is 0 Å². The highest BCUT2D eigenvalue weighted by molar-refractivity contribution is 5.89. The number of benzene rings is 2. The van der Waals surface area contributed by atoms with E-state index in [1.807, 2.05) is 30.3 Å². The molecule has 0 spiro atoms. The Morgan fingerprint density at radius 1 is 1.12 bits per heavy atom. The predicted molar refractivity (Wildman–Crippen MR) is 95.5 cm³/mol. The monoisotopic (exact) mass is 328 g/mol. The molecule has 1 atom stereocenters. The highest BCUT2D eigenvalue weighted by Crippen LogP contribution is 2.22. The molecule has 0 heterocycles. The first-order valence-electron chi connectivity index (χ1n) is 8.07. The number of aliphatic hydroxyl groups excluding tert-OH is 1. The Balaban J connectivity index is 1.82. The molecule has 0 aliphatic carbocycles. The van der Waals surface area contributed by atoms with E-state index in [1.165, 1.54) is 5.56 Å². The molecule has 0 saturated carbocycles. The lowest BCUT2D eigenvalue weighted by molar-refractivity contribution is 0.250. The van der Waals surface area contributed by atoms with E-state index in [0.717, 1.165) is 6.42 Å². The van der Waals surface area contributed by atoms with Crippen molar-refractivity contribution >= 4 is 11.7 Å². The van der Waals surface area contributed by atoms with Crippen LogP contribution < -0.4 is 15.4 Å². The number of hydrogen-bond donors (Lipinski definition) is 3. The van der Waals surface area contributed by atoms with Gasteiger partial charge in [0.25, 0.3) is 0 Å². The number of amides is 2. The van der Waals surface area contributed by atoms with Crippen molar-refractivity contribution in [3.8, 4) is 5.75 Å². The number of anilines is 1. The van der Waals surface area contributed by atoms with Gasteiger partial charge in [-0.2, -0.15) is 0 Å². The number of ether oxygens (including phenoxy) is 1. The maximum absolute atomic E-state index is 12.0. The minimum atomic E-state index is -0.251. The Morgan fingerprint density at radius 2 is 1.92 bits per heavy atom. The second-order valence-electron chi connectivity index (χ2n) is 5.52. The van der Waals surface area contributed by atoms with E-state index in [0.29, 0.717) is 24.4 Å². The fourth-order valence-corrected chi connectivity index (χ4v) is 2.59. The molecule has 2 amide bonds. The largest absolute Gasteiger partial charge is 0.497 e. The van der Waals surface area contributed by atoms with Crippen molar-refractivity contribution in [3.63, 3.8) is 0 Å². The fraction of sp³-hybridized carbons (Fsp3) is 0.316. The Labute approximate surface area is 142 Å². The molecule has 3 N–H and O–H groups in total. The molecule has 128 valence electrons. The standard InChI is InChI=1S/C19H24N2O3/c1-24-18-9-5-8-17(14-18)21-19(23)20-12-10-16(11-13-22)15-6-3-2-4-7-15/h2-9,14,16,22H,10-13H2,1H3,(H2,20,21,23)/t16-/m1/s1. The van der Waals surface area contributed by atoms with Crippen LogP contribution in [0.15, 0.2) is 54.6 Å². The lowest BCUT2D eigenvalue weighted by atomic mass is 9.93. The average Bonchev–Trinajstić information content (AvgIpc) is 2.62. The van der Waals surface area contributed by atoms with E-state index in [1.54, 1.807) is 19.2 Å². The highest BCUT2D eigenvalue weighted by atomic mass is 16.5. The van der Waals surface area contributed by atoms with Gasteiger partial charge in [0.15, 0.2) is 0 Å². The van der Waals surface area contributed by atoms with Gasteiger partial charge in [-0.05, 0) is 36.5 Å². The molecule has 5 nitrogen and oxygen atoms in total. The SMILES string of the molecule is COc1cccc(NC(=O)NCC[C@H](CCO)c2ccccc2)c1. The smallest absolute Gasteiger partial charge is 0.319 e. The van der Waals surface area contributed by atoms with Crippen LogP contribution in [0.5, 0.6) is 5.75 Å². The van der Waals surface area contributed by atoms with Crippen molar-refractivity contribution in [1.29, 1.82) is 0 Å². The van der Waals surface area contributed by atoms with Gasteiger partial charge in [-0.15, -0.1) is 0 Å². The molecule has 5 heteroatoms. The van der Waals surface area contributed by atoms with E-state index in [2.05, 4.69) is 22.8 Å². The fourth-order valence-electron chi connectivity index (χ4n) is 2.59. The molecule has 0 aromatic heterocycles. The first-order chi connectivity index (χ1) is 11.7. The Morgan fingerprint density at radius 3 is 2.62 bits per heavy atom. The van der Waals surface area contributed by atoms with E-state index >= 15 is 0 Å². The zero-order chi connectivity index (χ0) is 17.2. The van der Waals surface area contributed by atoms with E-state index in [9.17, 15) is 9.90 Å². The first-order valence-corrected chi connectivity index (χ1v) is 8.07. The summed E-state index contributed by atoms with van der Waals surface area (Å²) in [5, 5.41) is 14.9. The lowest BCUT2D eigenvalue weighted by Crippen LogP contribution is -2.30. The van der Waals surface area contributed by atoms with E-state index < -0.39 is 0 Å². The number of carbonyl (C=O) groups is 1. The molecule has 2 aromatic carbocycles. The van der Waals surface area contributed by atoms with Gasteiger partial charge in [-0.1, -0.05) is 36.4 Å². The van der Waals surface area contributed by atoms with E-state index in [-0.39, 0.29) is 18.6 Å². The Bertz CT molecular complexity index is 632. The minimum absolute atomic E-state index is 0.134. The molecular formula is C19H24N2O3. The predicted octanol–water partition coefficient (Wildman–Crippen LogP) is 3.37. The summed E-state index contributed by atoms with van der Waals surface area (Å²) in [5.41, 5.74) is 1.86. The second-order valence-corrected chi connectivity index (χ2v) is 5.52. The Hall–Kier alpha value is -2.53. The summed E-state index contributed by atoms with van der Waals surface area (Å²) in [6, 6.07) is 17.0. The molecule has 0 aliphatic rings. The molecule has 0 saturated heterocycles. The number of rotatable bonds is 8. The normalized spacial score (nSPS) is 11.6. The van der Waals surface area contributed by atoms with Crippen LogP contribution in [0.4, 0.5) is 10.5 Å². The van der Waals surface area contributed by atoms with Crippen molar-refractivity contribution in [1.82, 2.24) is 5.32 Å². The van der Waals surface area contributed by atoms with E-state index in [4.69, 9.17) is 4.74 Å². The van der Waals surface area contributed by atoms with Crippen molar-refractivity contribution in [3.05, 3.63) is 60.2 Å². The van der Waals surface area contributed by atoms with Crippen LogP contribution >= 0.6 is 0 Å². The molecule has 2 rings (SSSR count). The number of hydrogen-bond acceptors (Lipinski definition) is 3. The van der Waals surface area contributed by atoms with Gasteiger partial charge < -0.3 is 20.5 Å². The minimum Gasteiger partial charge on any atom is -0.497 e. The van der Waals surface area contributed by atoms with Crippen LogP contribution in [-0.4, -0.2) is 31.4 Å². The quantitative estimate of drug-likeness (QED) is 0.696. The lowest BCUT2D eigenvalue weighted by Gasteiger charge is -2.17. The first kappa shape index (κ1) is 17.8. The van der Waals surface area contributed by atoms with Crippen molar-refractivity contribution in [2.45, 2.75) is 18.8 Å². The number of urea groups is 1. The van der Waals surface area contributed by atoms with Crippen LogP contribution in [-0.2, 0) is 0 Å². The summed E-state index contributed by atoms with van der Waals surface area (Å²) in [5.74, 6) is 0.924. The molecule has 0 fully saturated rings. The van der Waals surface area contributed by atoms with Gasteiger partial charge in [0.05, 0.1) is 7.11 Å².